The van der Waals surface area contributed by atoms with Gasteiger partial charge in [0, 0.05) is 4.90 Å². The van der Waals surface area contributed by atoms with Crippen LogP contribution in [0.25, 0.3) is 6.08 Å². The minimum Gasteiger partial charge on any atom is -0.0978 e. The summed E-state index contributed by atoms with van der Waals surface area (Å²) in [6.45, 7) is 2.14. The Morgan fingerprint density at radius 2 is 1.56 bits per heavy atom. The fourth-order valence-corrected chi connectivity index (χ4v) is 2.22. The van der Waals surface area contributed by atoms with Crippen molar-refractivity contribution in [3.05, 3.63) is 71.1 Å². The summed E-state index contributed by atoms with van der Waals surface area (Å²) in [5.74, 6) is 0. The van der Waals surface area contributed by atoms with Crippen molar-refractivity contribution in [3.8, 4) is 0 Å². The fraction of sp³-hybridized carbons (Fsp3) is 0.0667. The molecule has 1 heteroatoms. The third-order valence-corrected chi connectivity index (χ3v) is 3.33. The van der Waals surface area contributed by atoms with Gasteiger partial charge in [0.05, 0.1) is 0 Å². The van der Waals surface area contributed by atoms with Crippen molar-refractivity contribution in [1.82, 2.24) is 0 Å². The second-order valence-electron chi connectivity index (χ2n) is 3.60. The first-order chi connectivity index (χ1) is 7.86. The second-order valence-corrected chi connectivity index (χ2v) is 4.54. The number of hydrogen-bond donors (Lipinski definition) is 0. The van der Waals surface area contributed by atoms with E-state index in [-0.39, 0.29) is 0 Å². The van der Waals surface area contributed by atoms with Gasteiger partial charge in [-0.1, -0.05) is 60.3 Å². The molecule has 0 amide bonds. The summed E-state index contributed by atoms with van der Waals surface area (Å²) < 4.78 is 0. The van der Waals surface area contributed by atoms with Gasteiger partial charge in [0.15, 0.2) is 0 Å². The highest BCUT2D eigenvalue weighted by Gasteiger charge is 1.93. The quantitative estimate of drug-likeness (QED) is 0.680. The molecule has 80 valence electrons. The fourth-order valence-electron chi connectivity index (χ4n) is 1.44. The van der Waals surface area contributed by atoms with Crippen LogP contribution in [0, 0.1) is 6.92 Å². The Kier molecular flexibility index (Phi) is 3.84. The summed E-state index contributed by atoms with van der Waals surface area (Å²) in [6.07, 6.45) is 2.14. The molecular weight excluding hydrogens is 212 g/mol. The molecule has 2 aromatic carbocycles. The second kappa shape index (κ2) is 5.57. The molecule has 0 spiro atoms. The van der Waals surface area contributed by atoms with Crippen molar-refractivity contribution in [2.45, 2.75) is 11.8 Å². The lowest BCUT2D eigenvalue weighted by Gasteiger charge is -2.00. The van der Waals surface area contributed by atoms with E-state index in [4.69, 9.17) is 0 Å². The molecule has 16 heavy (non-hydrogen) atoms. The SMILES string of the molecule is Cc1ccccc1SC=Cc1ccccc1. The van der Waals surface area contributed by atoms with Crippen LogP contribution in [0.5, 0.6) is 0 Å². The van der Waals surface area contributed by atoms with E-state index in [0.29, 0.717) is 0 Å². The smallest absolute Gasteiger partial charge is 0.0145 e. The Morgan fingerprint density at radius 3 is 2.31 bits per heavy atom. The normalized spacial score (nSPS) is 10.8. The summed E-state index contributed by atoms with van der Waals surface area (Å²) in [5.41, 5.74) is 2.56. The summed E-state index contributed by atoms with van der Waals surface area (Å²) in [5, 5.41) is 2.14. The van der Waals surface area contributed by atoms with Gasteiger partial charge in [-0.3, -0.25) is 0 Å². The highest BCUT2D eigenvalue weighted by molar-refractivity contribution is 8.02. The van der Waals surface area contributed by atoms with E-state index in [2.05, 4.69) is 66.9 Å². The van der Waals surface area contributed by atoms with Crippen LogP contribution in [0.15, 0.2) is 64.9 Å². The summed E-state index contributed by atoms with van der Waals surface area (Å²) in [4.78, 5) is 1.31. The number of benzene rings is 2. The molecule has 2 aromatic rings. The third kappa shape index (κ3) is 3.01. The lowest BCUT2D eigenvalue weighted by atomic mass is 10.2. The Hall–Kier alpha value is -1.47. The van der Waals surface area contributed by atoms with E-state index < -0.39 is 0 Å². The highest BCUT2D eigenvalue weighted by atomic mass is 32.2. The molecule has 0 aromatic heterocycles. The lowest BCUT2D eigenvalue weighted by molar-refractivity contribution is 1.31. The molecule has 0 N–H and O–H groups in total. The molecule has 0 saturated carbocycles. The Balaban J connectivity index is 2.03. The maximum absolute atomic E-state index is 2.15. The molecule has 0 saturated heterocycles. The zero-order valence-corrected chi connectivity index (χ0v) is 10.1. The van der Waals surface area contributed by atoms with Gasteiger partial charge in [-0.25, -0.2) is 0 Å². The summed E-state index contributed by atoms with van der Waals surface area (Å²) >= 11 is 1.76. The minimum absolute atomic E-state index is 1.24. The van der Waals surface area contributed by atoms with Gasteiger partial charge in [-0.05, 0) is 35.6 Å². The monoisotopic (exact) mass is 226 g/mol. The molecule has 0 atom stereocenters. The van der Waals surface area contributed by atoms with Crippen LogP contribution in [0.1, 0.15) is 11.1 Å². The van der Waals surface area contributed by atoms with Crippen LogP contribution in [0.3, 0.4) is 0 Å². The molecule has 0 aliphatic rings. The van der Waals surface area contributed by atoms with Gasteiger partial charge in [0.2, 0.25) is 0 Å². The Morgan fingerprint density at radius 1 is 0.875 bits per heavy atom. The maximum Gasteiger partial charge on any atom is 0.0145 e. The van der Waals surface area contributed by atoms with Crippen molar-refractivity contribution in [3.63, 3.8) is 0 Å². The summed E-state index contributed by atoms with van der Waals surface area (Å²) in [7, 11) is 0. The molecule has 0 aliphatic carbocycles. The standard InChI is InChI=1S/C15H14S/c1-13-7-5-6-10-15(13)16-12-11-14-8-3-2-4-9-14/h2-12H,1H3. The van der Waals surface area contributed by atoms with Crippen LogP contribution in [-0.4, -0.2) is 0 Å². The molecule has 0 unspecified atom stereocenters. The van der Waals surface area contributed by atoms with E-state index in [9.17, 15) is 0 Å². The molecule has 0 heterocycles. The van der Waals surface area contributed by atoms with Gasteiger partial charge in [0.1, 0.15) is 0 Å². The maximum atomic E-state index is 2.15. The number of rotatable bonds is 3. The van der Waals surface area contributed by atoms with E-state index in [1.807, 2.05) is 6.07 Å². The molecule has 0 fully saturated rings. The predicted molar refractivity (Wildman–Crippen MR) is 72.5 cm³/mol. The van der Waals surface area contributed by atoms with Crippen molar-refractivity contribution < 1.29 is 0 Å². The molecule has 0 nitrogen and oxygen atoms in total. The number of thioether (sulfide) groups is 1. The van der Waals surface area contributed by atoms with Gasteiger partial charge in [-0.2, -0.15) is 0 Å². The Labute approximate surface area is 101 Å². The van der Waals surface area contributed by atoms with E-state index >= 15 is 0 Å². The predicted octanol–water partition coefficient (Wildman–Crippen LogP) is 4.76. The first-order valence-electron chi connectivity index (χ1n) is 5.30. The number of hydrogen-bond acceptors (Lipinski definition) is 1. The summed E-state index contributed by atoms with van der Waals surface area (Å²) in [6, 6.07) is 18.8. The molecule has 2 rings (SSSR count). The topological polar surface area (TPSA) is 0 Å². The van der Waals surface area contributed by atoms with Crippen LogP contribution in [0.4, 0.5) is 0 Å². The lowest BCUT2D eigenvalue weighted by Crippen LogP contribution is -1.75. The minimum atomic E-state index is 1.24. The zero-order valence-electron chi connectivity index (χ0n) is 9.26. The highest BCUT2D eigenvalue weighted by Crippen LogP contribution is 2.23. The van der Waals surface area contributed by atoms with Crippen molar-refractivity contribution in [2.75, 3.05) is 0 Å². The molecule has 0 bridgehead atoms. The van der Waals surface area contributed by atoms with E-state index in [0.717, 1.165) is 0 Å². The van der Waals surface area contributed by atoms with Crippen LogP contribution >= 0.6 is 11.8 Å². The zero-order chi connectivity index (χ0) is 11.2. The average Bonchev–Trinajstić information content (AvgIpc) is 2.33. The molecule has 0 radical (unpaired) electrons. The molecular formula is C15H14S. The van der Waals surface area contributed by atoms with Crippen LogP contribution in [-0.2, 0) is 0 Å². The third-order valence-electron chi connectivity index (χ3n) is 2.35. The van der Waals surface area contributed by atoms with Crippen molar-refractivity contribution in [2.24, 2.45) is 0 Å². The Bertz CT molecular complexity index is 472. The molecule has 0 aliphatic heterocycles. The first kappa shape index (κ1) is 11.0. The first-order valence-corrected chi connectivity index (χ1v) is 6.18. The number of aryl methyl sites for hydroxylation is 1. The van der Waals surface area contributed by atoms with E-state index in [1.165, 1.54) is 16.0 Å². The van der Waals surface area contributed by atoms with Crippen molar-refractivity contribution in [1.29, 1.82) is 0 Å². The van der Waals surface area contributed by atoms with Gasteiger partial charge < -0.3 is 0 Å². The van der Waals surface area contributed by atoms with Gasteiger partial charge in [-0.15, -0.1) is 0 Å². The van der Waals surface area contributed by atoms with E-state index in [1.54, 1.807) is 11.8 Å². The average molecular weight is 226 g/mol. The van der Waals surface area contributed by atoms with Crippen LogP contribution < -0.4 is 0 Å². The van der Waals surface area contributed by atoms with Crippen LogP contribution in [0.2, 0.25) is 0 Å². The largest absolute Gasteiger partial charge is 0.0978 e. The van der Waals surface area contributed by atoms with Gasteiger partial charge in [0.25, 0.3) is 0 Å². The van der Waals surface area contributed by atoms with Crippen molar-refractivity contribution >= 4 is 17.8 Å². The van der Waals surface area contributed by atoms with Gasteiger partial charge >= 0.3 is 0 Å².